The van der Waals surface area contributed by atoms with Crippen LogP contribution in [0.1, 0.15) is 31.2 Å². The number of rotatable bonds is 10. The molecule has 8 nitrogen and oxygen atoms in total. The Hall–Kier alpha value is -3.91. The number of ether oxygens (including phenoxy) is 2. The summed E-state index contributed by atoms with van der Waals surface area (Å²) in [5.74, 6) is 2.57. The second-order valence-corrected chi connectivity index (χ2v) is 9.36. The Bertz CT molecular complexity index is 1340. The summed E-state index contributed by atoms with van der Waals surface area (Å²) in [6.45, 7) is 6.23. The highest BCUT2D eigenvalue weighted by atomic mass is 16.5. The molecule has 3 heterocycles. The zero-order chi connectivity index (χ0) is 25.5. The van der Waals surface area contributed by atoms with Crippen LogP contribution in [0.25, 0.3) is 10.9 Å². The van der Waals surface area contributed by atoms with Crippen LogP contribution in [-0.2, 0) is 0 Å². The van der Waals surface area contributed by atoms with E-state index in [0.29, 0.717) is 24.1 Å². The molecule has 8 heteroatoms. The van der Waals surface area contributed by atoms with E-state index in [1.807, 2.05) is 36.5 Å². The van der Waals surface area contributed by atoms with Gasteiger partial charge in [0.25, 0.3) is 0 Å². The predicted octanol–water partition coefficient (Wildman–Crippen LogP) is 6.08. The molecule has 0 saturated carbocycles. The monoisotopic (exact) mass is 498 g/mol. The average molecular weight is 499 g/mol. The first-order chi connectivity index (χ1) is 18.2. The van der Waals surface area contributed by atoms with Gasteiger partial charge in [0, 0.05) is 29.9 Å². The van der Waals surface area contributed by atoms with E-state index in [4.69, 9.17) is 9.47 Å². The number of aromatic nitrogens is 3. The molecule has 2 N–H and O–H groups in total. The van der Waals surface area contributed by atoms with Crippen molar-refractivity contribution in [2.75, 3.05) is 44.0 Å². The van der Waals surface area contributed by atoms with E-state index in [1.165, 1.54) is 32.4 Å². The van der Waals surface area contributed by atoms with Crippen LogP contribution in [0.3, 0.4) is 0 Å². The molecule has 0 amide bonds. The number of anilines is 4. The summed E-state index contributed by atoms with van der Waals surface area (Å²) in [4.78, 5) is 16.1. The van der Waals surface area contributed by atoms with E-state index in [2.05, 4.69) is 55.6 Å². The van der Waals surface area contributed by atoms with Crippen molar-refractivity contribution in [1.29, 1.82) is 0 Å². The van der Waals surface area contributed by atoms with Crippen molar-refractivity contribution in [3.05, 3.63) is 66.5 Å². The van der Waals surface area contributed by atoms with E-state index in [0.717, 1.165) is 46.6 Å². The largest absolute Gasteiger partial charge is 0.493 e. The number of nitrogens with zero attached hydrogens (tertiary/aromatic N) is 4. The summed E-state index contributed by atoms with van der Waals surface area (Å²) in [7, 11) is 1.65. The summed E-state index contributed by atoms with van der Waals surface area (Å²) in [5.41, 5.74) is 3.84. The van der Waals surface area contributed by atoms with Crippen LogP contribution >= 0.6 is 0 Å². The first kappa shape index (κ1) is 24.8. The highest BCUT2D eigenvalue weighted by Gasteiger charge is 2.11. The Kier molecular flexibility index (Phi) is 7.96. The number of methoxy groups -OCH3 is 1. The highest BCUT2D eigenvalue weighted by molar-refractivity contribution is 5.84. The molecule has 37 heavy (non-hydrogen) atoms. The molecule has 0 spiro atoms. The van der Waals surface area contributed by atoms with Gasteiger partial charge in [-0.05, 0) is 69.1 Å². The minimum Gasteiger partial charge on any atom is -0.493 e. The molecule has 0 atom stereocenters. The Balaban J connectivity index is 1.20. The average Bonchev–Trinajstić information content (AvgIpc) is 2.92. The van der Waals surface area contributed by atoms with Gasteiger partial charge in [-0.1, -0.05) is 24.6 Å². The summed E-state index contributed by atoms with van der Waals surface area (Å²) >= 11 is 0. The second-order valence-electron chi connectivity index (χ2n) is 9.36. The molecule has 1 aliphatic heterocycles. The van der Waals surface area contributed by atoms with Crippen LogP contribution < -0.4 is 20.1 Å². The molecule has 1 fully saturated rings. The van der Waals surface area contributed by atoms with Crippen LogP contribution in [0.5, 0.6) is 11.5 Å². The van der Waals surface area contributed by atoms with E-state index in [9.17, 15) is 0 Å². The van der Waals surface area contributed by atoms with Crippen LogP contribution in [0.2, 0.25) is 0 Å². The SMILES string of the molecule is COc1cc(Nc2nccc(Nc3cnc4c(C)cccc4c3)n2)ccc1OCCCN1CCCCC1. The molecule has 192 valence electrons. The summed E-state index contributed by atoms with van der Waals surface area (Å²) in [6, 6.07) is 15.8. The fourth-order valence-corrected chi connectivity index (χ4v) is 4.67. The Morgan fingerprint density at radius 1 is 0.919 bits per heavy atom. The topological polar surface area (TPSA) is 84.4 Å². The smallest absolute Gasteiger partial charge is 0.229 e. The standard InChI is InChI=1S/C29H34N6O2/c1-21-8-6-9-22-18-24(20-31-28(21)22)32-27-12-13-30-29(34-27)33-23-10-11-25(26(19-23)36-2)37-17-7-16-35-14-4-3-5-15-35/h6,8-13,18-20H,3-5,7,14-17H2,1-2H3,(H2,30,32,33,34). The third kappa shape index (κ3) is 6.46. The number of para-hydroxylation sites is 1. The summed E-state index contributed by atoms with van der Waals surface area (Å²) < 4.78 is 11.6. The van der Waals surface area contributed by atoms with Gasteiger partial charge >= 0.3 is 0 Å². The van der Waals surface area contributed by atoms with Crippen LogP contribution in [-0.4, -0.2) is 53.2 Å². The van der Waals surface area contributed by atoms with Crippen LogP contribution in [0.15, 0.2) is 60.9 Å². The third-order valence-electron chi connectivity index (χ3n) is 6.59. The lowest BCUT2D eigenvalue weighted by Crippen LogP contribution is -2.31. The fourth-order valence-electron chi connectivity index (χ4n) is 4.67. The number of fused-ring (bicyclic) bond motifs is 1. The van der Waals surface area contributed by atoms with Gasteiger partial charge in [0.2, 0.25) is 5.95 Å². The predicted molar refractivity (Wildman–Crippen MR) is 148 cm³/mol. The van der Waals surface area contributed by atoms with Gasteiger partial charge in [-0.3, -0.25) is 4.98 Å². The maximum Gasteiger partial charge on any atom is 0.229 e. The Labute approximate surface area is 218 Å². The van der Waals surface area contributed by atoms with E-state index in [-0.39, 0.29) is 0 Å². The molecular formula is C29H34N6O2. The molecule has 0 unspecified atom stereocenters. The first-order valence-electron chi connectivity index (χ1n) is 12.9. The van der Waals surface area contributed by atoms with E-state index >= 15 is 0 Å². The summed E-state index contributed by atoms with van der Waals surface area (Å²) in [5, 5.41) is 7.66. The van der Waals surface area contributed by atoms with Crippen molar-refractivity contribution < 1.29 is 9.47 Å². The van der Waals surface area contributed by atoms with Gasteiger partial charge in [0.15, 0.2) is 11.5 Å². The number of hydrogen-bond acceptors (Lipinski definition) is 8. The molecule has 1 saturated heterocycles. The molecule has 5 rings (SSSR count). The normalized spacial score (nSPS) is 13.9. The lowest BCUT2D eigenvalue weighted by atomic mass is 10.1. The Morgan fingerprint density at radius 3 is 2.68 bits per heavy atom. The molecule has 1 aliphatic rings. The molecule has 2 aromatic carbocycles. The molecule has 0 aliphatic carbocycles. The third-order valence-corrected chi connectivity index (χ3v) is 6.59. The number of nitrogens with one attached hydrogen (secondary N) is 2. The van der Waals surface area contributed by atoms with E-state index in [1.54, 1.807) is 13.3 Å². The number of piperidine rings is 1. The van der Waals surface area contributed by atoms with Crippen LogP contribution in [0.4, 0.5) is 23.1 Å². The van der Waals surface area contributed by atoms with Crippen molar-refractivity contribution in [2.24, 2.45) is 0 Å². The maximum atomic E-state index is 6.02. The van der Waals surface area contributed by atoms with Crippen molar-refractivity contribution in [3.63, 3.8) is 0 Å². The van der Waals surface area contributed by atoms with E-state index < -0.39 is 0 Å². The van der Waals surface area contributed by atoms with Crippen molar-refractivity contribution in [1.82, 2.24) is 19.9 Å². The quantitative estimate of drug-likeness (QED) is 0.254. The highest BCUT2D eigenvalue weighted by Crippen LogP contribution is 2.31. The number of benzene rings is 2. The number of aryl methyl sites for hydroxylation is 1. The van der Waals surface area contributed by atoms with Gasteiger partial charge in [-0.25, -0.2) is 4.98 Å². The molecule has 0 radical (unpaired) electrons. The van der Waals surface area contributed by atoms with Gasteiger partial charge < -0.3 is 25.0 Å². The first-order valence-corrected chi connectivity index (χ1v) is 12.9. The van der Waals surface area contributed by atoms with Crippen molar-refractivity contribution in [3.8, 4) is 11.5 Å². The lowest BCUT2D eigenvalue weighted by molar-refractivity contribution is 0.203. The minimum absolute atomic E-state index is 0.479. The van der Waals surface area contributed by atoms with Crippen molar-refractivity contribution >= 4 is 34.0 Å². The molecular weight excluding hydrogens is 464 g/mol. The second kappa shape index (κ2) is 11.9. The van der Waals surface area contributed by atoms with Gasteiger partial charge in [-0.15, -0.1) is 0 Å². The zero-order valence-electron chi connectivity index (χ0n) is 21.5. The number of hydrogen-bond donors (Lipinski definition) is 2. The molecule has 2 aromatic heterocycles. The number of likely N-dealkylation sites (tertiary alicyclic amines) is 1. The minimum atomic E-state index is 0.479. The van der Waals surface area contributed by atoms with Crippen LogP contribution in [0, 0.1) is 6.92 Å². The summed E-state index contributed by atoms with van der Waals surface area (Å²) in [6.07, 6.45) is 8.52. The lowest BCUT2D eigenvalue weighted by Gasteiger charge is -2.26. The molecule has 0 bridgehead atoms. The number of pyridine rings is 1. The Morgan fingerprint density at radius 2 is 1.81 bits per heavy atom. The van der Waals surface area contributed by atoms with Gasteiger partial charge in [0.1, 0.15) is 5.82 Å². The van der Waals surface area contributed by atoms with Gasteiger partial charge in [0.05, 0.1) is 31.1 Å². The molecule has 4 aromatic rings. The fraction of sp³-hybridized carbons (Fsp3) is 0.345. The van der Waals surface area contributed by atoms with Gasteiger partial charge in [-0.2, -0.15) is 4.98 Å². The zero-order valence-corrected chi connectivity index (χ0v) is 21.5. The maximum absolute atomic E-state index is 6.02. The van der Waals surface area contributed by atoms with Crippen molar-refractivity contribution in [2.45, 2.75) is 32.6 Å².